The number of benzene rings is 1. The van der Waals surface area contributed by atoms with E-state index in [-0.39, 0.29) is 0 Å². The normalized spacial score (nSPS) is 12.4. The van der Waals surface area contributed by atoms with E-state index >= 15 is 0 Å². The van der Waals surface area contributed by atoms with Crippen LogP contribution in [0.2, 0.25) is 0 Å². The molecule has 14 heavy (non-hydrogen) atoms. The summed E-state index contributed by atoms with van der Waals surface area (Å²) in [6.07, 6.45) is 0.553. The topological polar surface area (TPSA) is 63.3 Å². The average Bonchev–Trinajstić information content (AvgIpc) is 2.13. The van der Waals surface area contributed by atoms with Crippen LogP contribution < -0.4 is 5.73 Å². The van der Waals surface area contributed by atoms with Gasteiger partial charge in [-0.1, -0.05) is 19.1 Å². The lowest BCUT2D eigenvalue weighted by molar-refractivity contribution is -0.138. The molecule has 1 aromatic carbocycles. The van der Waals surface area contributed by atoms with Gasteiger partial charge in [-0.05, 0) is 34.0 Å². The molecule has 76 valence electrons. The third-order valence-corrected chi connectivity index (χ3v) is 3.06. The largest absolute Gasteiger partial charge is 0.481 e. The molecule has 0 radical (unpaired) electrons. The molecule has 0 amide bonds. The highest BCUT2D eigenvalue weighted by Crippen LogP contribution is 2.31. The second-order valence-electron chi connectivity index (χ2n) is 3.05. The molecule has 0 saturated heterocycles. The van der Waals surface area contributed by atoms with Crippen LogP contribution in [-0.4, -0.2) is 11.1 Å². The summed E-state index contributed by atoms with van der Waals surface area (Å²) in [5.41, 5.74) is 6.98. The minimum absolute atomic E-state index is 0.493. The Morgan fingerprint density at radius 1 is 1.64 bits per heavy atom. The Bertz CT molecular complexity index is 352. The third-order valence-electron chi connectivity index (χ3n) is 2.14. The zero-order valence-electron chi connectivity index (χ0n) is 7.83. The summed E-state index contributed by atoms with van der Waals surface area (Å²) in [6.45, 7) is 1.84. The summed E-state index contributed by atoms with van der Waals surface area (Å²) in [7, 11) is 0. The van der Waals surface area contributed by atoms with Gasteiger partial charge in [-0.2, -0.15) is 0 Å². The van der Waals surface area contributed by atoms with Gasteiger partial charge in [0.05, 0.1) is 5.92 Å². The number of carbonyl (C=O) groups is 1. The number of carboxylic acids is 1. The predicted molar refractivity (Wildman–Crippen MR) is 59.2 cm³/mol. The molecule has 3 N–H and O–H groups in total. The number of carboxylic acid groups (broad SMARTS) is 1. The van der Waals surface area contributed by atoms with Gasteiger partial charge in [0, 0.05) is 10.2 Å². The Balaban J connectivity index is 3.16. The van der Waals surface area contributed by atoms with Crippen LogP contribution in [0.3, 0.4) is 0 Å². The highest BCUT2D eigenvalue weighted by Gasteiger charge is 2.20. The minimum Gasteiger partial charge on any atom is -0.481 e. The van der Waals surface area contributed by atoms with Crippen LogP contribution in [0.4, 0.5) is 5.69 Å². The molecule has 1 unspecified atom stereocenters. The van der Waals surface area contributed by atoms with Crippen molar-refractivity contribution in [3.63, 3.8) is 0 Å². The first-order chi connectivity index (χ1) is 6.57. The molecule has 1 aromatic rings. The summed E-state index contributed by atoms with van der Waals surface area (Å²) in [6, 6.07) is 5.28. The van der Waals surface area contributed by atoms with Crippen LogP contribution in [-0.2, 0) is 4.79 Å². The standard InChI is InChI=1S/C10H12BrNO2/c1-2-6(10(13)14)7-4-3-5-8(12)9(7)11/h3-6H,2,12H2,1H3,(H,13,14). The predicted octanol–water partition coefficient (Wildman–Crippen LogP) is 2.61. The van der Waals surface area contributed by atoms with Crippen LogP contribution in [0.15, 0.2) is 22.7 Å². The van der Waals surface area contributed by atoms with E-state index in [9.17, 15) is 4.79 Å². The van der Waals surface area contributed by atoms with E-state index in [4.69, 9.17) is 10.8 Å². The first-order valence-corrected chi connectivity index (χ1v) is 5.14. The second kappa shape index (κ2) is 4.46. The van der Waals surface area contributed by atoms with Crippen LogP contribution in [0, 0.1) is 0 Å². The zero-order chi connectivity index (χ0) is 10.7. The van der Waals surface area contributed by atoms with Crippen molar-refractivity contribution in [1.29, 1.82) is 0 Å². The van der Waals surface area contributed by atoms with Gasteiger partial charge in [0.25, 0.3) is 0 Å². The highest BCUT2D eigenvalue weighted by atomic mass is 79.9. The summed E-state index contributed by atoms with van der Waals surface area (Å²) >= 11 is 3.30. The molecule has 3 nitrogen and oxygen atoms in total. The molecule has 4 heteroatoms. The van der Waals surface area contributed by atoms with Gasteiger partial charge in [0.15, 0.2) is 0 Å². The summed E-state index contributed by atoms with van der Waals surface area (Å²) in [5.74, 6) is -1.31. The molecular formula is C10H12BrNO2. The van der Waals surface area contributed by atoms with Crippen molar-refractivity contribution in [2.45, 2.75) is 19.3 Å². The minimum atomic E-state index is -0.821. The van der Waals surface area contributed by atoms with Crippen molar-refractivity contribution in [2.75, 3.05) is 5.73 Å². The molecule has 1 rings (SSSR count). The van der Waals surface area contributed by atoms with Crippen molar-refractivity contribution in [3.05, 3.63) is 28.2 Å². The maximum absolute atomic E-state index is 10.9. The molecule has 0 fully saturated rings. The van der Waals surface area contributed by atoms with Gasteiger partial charge in [-0.15, -0.1) is 0 Å². The molecule has 0 aliphatic carbocycles. The molecule has 0 aromatic heterocycles. The lowest BCUT2D eigenvalue weighted by Gasteiger charge is -2.13. The summed E-state index contributed by atoms with van der Waals surface area (Å²) < 4.78 is 0.689. The van der Waals surface area contributed by atoms with Crippen molar-refractivity contribution in [2.24, 2.45) is 0 Å². The maximum atomic E-state index is 10.9. The van der Waals surface area contributed by atoms with Gasteiger partial charge >= 0.3 is 5.97 Å². The number of nitrogen functional groups attached to an aromatic ring is 1. The average molecular weight is 258 g/mol. The quantitative estimate of drug-likeness (QED) is 0.819. The van der Waals surface area contributed by atoms with Crippen LogP contribution in [0.1, 0.15) is 24.8 Å². The number of rotatable bonds is 3. The molecule has 0 heterocycles. The smallest absolute Gasteiger partial charge is 0.311 e. The number of aliphatic carboxylic acids is 1. The fourth-order valence-electron chi connectivity index (χ4n) is 1.37. The number of nitrogens with two attached hydrogens (primary N) is 1. The van der Waals surface area contributed by atoms with E-state index in [1.807, 2.05) is 6.92 Å². The first-order valence-electron chi connectivity index (χ1n) is 4.34. The lowest BCUT2D eigenvalue weighted by atomic mass is 9.96. The molecule has 0 aliphatic rings. The van der Waals surface area contributed by atoms with Crippen molar-refractivity contribution < 1.29 is 9.90 Å². The number of hydrogen-bond donors (Lipinski definition) is 2. The lowest BCUT2D eigenvalue weighted by Crippen LogP contribution is -2.11. The Morgan fingerprint density at radius 2 is 2.29 bits per heavy atom. The van der Waals surface area contributed by atoms with E-state index in [2.05, 4.69) is 15.9 Å². The van der Waals surface area contributed by atoms with Crippen LogP contribution in [0.5, 0.6) is 0 Å². The van der Waals surface area contributed by atoms with Crippen molar-refractivity contribution >= 4 is 27.6 Å². The molecule has 0 spiro atoms. The van der Waals surface area contributed by atoms with Gasteiger partial charge in [0.2, 0.25) is 0 Å². The number of anilines is 1. The second-order valence-corrected chi connectivity index (χ2v) is 3.84. The Kier molecular flexibility index (Phi) is 3.52. The number of hydrogen-bond acceptors (Lipinski definition) is 2. The van der Waals surface area contributed by atoms with Crippen molar-refractivity contribution in [3.8, 4) is 0 Å². The third kappa shape index (κ3) is 2.07. The molecule has 1 atom stereocenters. The van der Waals surface area contributed by atoms with E-state index in [1.165, 1.54) is 0 Å². The Hall–Kier alpha value is -1.03. The van der Waals surface area contributed by atoms with Crippen LogP contribution in [0.25, 0.3) is 0 Å². The van der Waals surface area contributed by atoms with Gasteiger partial charge in [0.1, 0.15) is 0 Å². The van der Waals surface area contributed by atoms with Gasteiger partial charge < -0.3 is 10.8 Å². The molecule has 0 saturated carbocycles. The monoisotopic (exact) mass is 257 g/mol. The fourth-order valence-corrected chi connectivity index (χ4v) is 1.91. The van der Waals surface area contributed by atoms with Gasteiger partial charge in [-0.25, -0.2) is 0 Å². The van der Waals surface area contributed by atoms with E-state index < -0.39 is 11.9 Å². The van der Waals surface area contributed by atoms with Crippen molar-refractivity contribution in [1.82, 2.24) is 0 Å². The van der Waals surface area contributed by atoms with Gasteiger partial charge in [-0.3, -0.25) is 4.79 Å². The molecule has 0 bridgehead atoms. The molecular weight excluding hydrogens is 246 g/mol. The van der Waals surface area contributed by atoms with E-state index in [1.54, 1.807) is 18.2 Å². The molecule has 0 aliphatic heterocycles. The SMILES string of the molecule is CCC(C(=O)O)c1cccc(N)c1Br. The summed E-state index contributed by atoms with van der Waals surface area (Å²) in [5, 5.41) is 8.98. The first kappa shape index (κ1) is 11.0. The van der Waals surface area contributed by atoms with E-state index in [0.717, 1.165) is 5.56 Å². The highest BCUT2D eigenvalue weighted by molar-refractivity contribution is 9.10. The Morgan fingerprint density at radius 3 is 2.79 bits per heavy atom. The summed E-state index contributed by atoms with van der Waals surface area (Å²) in [4.78, 5) is 10.9. The Labute approximate surface area is 91.1 Å². The number of halogens is 1. The van der Waals surface area contributed by atoms with Crippen LogP contribution >= 0.6 is 15.9 Å². The fraction of sp³-hybridized carbons (Fsp3) is 0.300. The zero-order valence-corrected chi connectivity index (χ0v) is 9.41. The maximum Gasteiger partial charge on any atom is 0.311 e. The van der Waals surface area contributed by atoms with E-state index in [0.29, 0.717) is 16.6 Å².